The summed E-state index contributed by atoms with van der Waals surface area (Å²) in [6.07, 6.45) is -3.74. The lowest BCUT2D eigenvalue weighted by atomic mass is 10.2. The molecule has 2 rings (SSSR count). The first-order chi connectivity index (χ1) is 12.7. The lowest BCUT2D eigenvalue weighted by Crippen LogP contribution is -2.48. The molecule has 0 spiro atoms. The van der Waals surface area contributed by atoms with Crippen LogP contribution in [-0.4, -0.2) is 54.5 Å². The van der Waals surface area contributed by atoms with E-state index in [-0.39, 0.29) is 23.6 Å². The van der Waals surface area contributed by atoms with Crippen LogP contribution in [0.15, 0.2) is 24.3 Å². The molecule has 1 atom stereocenters. The Kier molecular flexibility index (Phi) is 7.06. The van der Waals surface area contributed by atoms with Crippen LogP contribution < -0.4 is 10.6 Å². The summed E-state index contributed by atoms with van der Waals surface area (Å²) in [5, 5.41) is 4.65. The van der Waals surface area contributed by atoms with Gasteiger partial charge in [0.1, 0.15) is 12.6 Å². The Bertz CT molecular complexity index is 712. The summed E-state index contributed by atoms with van der Waals surface area (Å²) in [6, 6.07) is 5.52. The van der Waals surface area contributed by atoms with Crippen LogP contribution in [0.1, 0.15) is 29.6 Å². The summed E-state index contributed by atoms with van der Waals surface area (Å²) in [5.74, 6) is -1.66. The van der Waals surface area contributed by atoms with Crippen molar-refractivity contribution in [1.29, 1.82) is 0 Å². The molecule has 2 N–H and O–H groups in total. The van der Waals surface area contributed by atoms with Gasteiger partial charge >= 0.3 is 6.18 Å². The quantitative estimate of drug-likeness (QED) is 0.761. The van der Waals surface area contributed by atoms with Gasteiger partial charge in [-0.15, -0.1) is 0 Å². The van der Waals surface area contributed by atoms with Gasteiger partial charge in [-0.25, -0.2) is 0 Å². The van der Waals surface area contributed by atoms with Crippen LogP contribution in [0, 0.1) is 0 Å². The average Bonchev–Trinajstić information content (AvgIpc) is 3.09. The van der Waals surface area contributed by atoms with Crippen molar-refractivity contribution in [2.75, 3.05) is 19.6 Å². The Morgan fingerprint density at radius 1 is 1.19 bits per heavy atom. The first kappa shape index (κ1) is 21.0. The first-order valence-corrected chi connectivity index (χ1v) is 8.73. The summed E-state index contributed by atoms with van der Waals surface area (Å²) in [5.41, 5.74) is 0.275. The summed E-state index contributed by atoms with van der Waals surface area (Å²) in [6.45, 7) is -1.12. The van der Waals surface area contributed by atoms with Crippen molar-refractivity contribution in [3.05, 3.63) is 34.9 Å². The van der Waals surface area contributed by atoms with Crippen molar-refractivity contribution in [1.82, 2.24) is 15.5 Å². The Morgan fingerprint density at radius 3 is 2.56 bits per heavy atom. The molecule has 27 heavy (non-hydrogen) atoms. The fraction of sp³-hybridized carbons (Fsp3) is 0.471. The number of halogens is 4. The van der Waals surface area contributed by atoms with Crippen LogP contribution in [0.25, 0.3) is 0 Å². The molecule has 1 aromatic carbocycles. The molecule has 3 amide bonds. The lowest BCUT2D eigenvalue weighted by molar-refractivity contribution is -0.144. The molecule has 0 radical (unpaired) electrons. The van der Waals surface area contributed by atoms with Crippen molar-refractivity contribution in [3.63, 3.8) is 0 Å². The zero-order valence-corrected chi connectivity index (χ0v) is 15.1. The highest BCUT2D eigenvalue weighted by Gasteiger charge is 2.36. The molecule has 10 heteroatoms. The minimum Gasteiger partial charge on any atom is -0.351 e. The maximum atomic E-state index is 12.3. The number of hydrogen-bond donors (Lipinski definition) is 2. The van der Waals surface area contributed by atoms with E-state index in [4.69, 9.17) is 11.6 Å². The van der Waals surface area contributed by atoms with Gasteiger partial charge < -0.3 is 15.5 Å². The highest BCUT2D eigenvalue weighted by Crippen LogP contribution is 2.20. The molecule has 1 unspecified atom stereocenters. The molecule has 0 aliphatic carbocycles. The third kappa shape index (κ3) is 6.13. The first-order valence-electron chi connectivity index (χ1n) is 8.35. The molecule has 1 aliphatic rings. The molecule has 1 saturated heterocycles. The minimum atomic E-state index is -4.51. The molecular formula is C17H19ClF3N3O3. The predicted octanol–water partition coefficient (Wildman–Crippen LogP) is 2.13. The number of nitrogens with one attached hydrogen (secondary N) is 2. The Morgan fingerprint density at radius 2 is 1.89 bits per heavy atom. The van der Waals surface area contributed by atoms with Crippen LogP contribution in [-0.2, 0) is 9.59 Å². The number of likely N-dealkylation sites (tertiary alicyclic amines) is 1. The largest absolute Gasteiger partial charge is 0.405 e. The van der Waals surface area contributed by atoms with Crippen LogP contribution in [0.2, 0.25) is 5.02 Å². The number of alkyl halides is 3. The molecule has 0 bridgehead atoms. The van der Waals surface area contributed by atoms with Crippen molar-refractivity contribution in [2.24, 2.45) is 0 Å². The summed E-state index contributed by atoms with van der Waals surface area (Å²) in [4.78, 5) is 37.5. The number of carbonyl (C=O) groups excluding carboxylic acids is 3. The molecular weight excluding hydrogens is 387 g/mol. The molecule has 1 heterocycles. The van der Waals surface area contributed by atoms with Gasteiger partial charge in [-0.3, -0.25) is 14.4 Å². The van der Waals surface area contributed by atoms with Gasteiger partial charge in [0.2, 0.25) is 11.8 Å². The van der Waals surface area contributed by atoms with Crippen LogP contribution in [0.5, 0.6) is 0 Å². The second-order valence-corrected chi connectivity index (χ2v) is 6.47. The summed E-state index contributed by atoms with van der Waals surface area (Å²) >= 11 is 5.92. The highest BCUT2D eigenvalue weighted by molar-refractivity contribution is 6.33. The lowest BCUT2D eigenvalue weighted by Gasteiger charge is -2.24. The van der Waals surface area contributed by atoms with Gasteiger partial charge in [0.05, 0.1) is 10.6 Å². The minimum absolute atomic E-state index is 0.0241. The number of carbonyl (C=O) groups is 3. The molecule has 1 aliphatic heterocycles. The van der Waals surface area contributed by atoms with E-state index in [2.05, 4.69) is 5.32 Å². The van der Waals surface area contributed by atoms with E-state index in [1.807, 2.05) is 5.32 Å². The van der Waals surface area contributed by atoms with Crippen LogP contribution in [0.4, 0.5) is 13.2 Å². The Labute approximate surface area is 159 Å². The van der Waals surface area contributed by atoms with E-state index >= 15 is 0 Å². The van der Waals surface area contributed by atoms with Crippen LogP contribution in [0.3, 0.4) is 0 Å². The normalized spacial score (nSPS) is 16.9. The van der Waals surface area contributed by atoms with Gasteiger partial charge in [0, 0.05) is 19.5 Å². The molecule has 0 saturated carbocycles. The smallest absolute Gasteiger partial charge is 0.351 e. The topological polar surface area (TPSA) is 78.5 Å². The van der Waals surface area contributed by atoms with E-state index in [0.717, 1.165) is 0 Å². The number of amides is 3. The fourth-order valence-electron chi connectivity index (χ4n) is 2.81. The number of nitrogens with zero attached hydrogens (tertiary/aromatic N) is 1. The molecule has 1 aromatic rings. The van der Waals surface area contributed by atoms with Crippen molar-refractivity contribution in [3.8, 4) is 0 Å². The Hall–Kier alpha value is -2.29. The second-order valence-electron chi connectivity index (χ2n) is 6.06. The van der Waals surface area contributed by atoms with E-state index in [1.165, 1.54) is 4.90 Å². The third-order valence-electron chi connectivity index (χ3n) is 4.08. The van der Waals surface area contributed by atoms with E-state index in [1.54, 1.807) is 24.3 Å². The predicted molar refractivity (Wildman–Crippen MR) is 92.2 cm³/mol. The van der Waals surface area contributed by atoms with Crippen molar-refractivity contribution < 1.29 is 27.6 Å². The van der Waals surface area contributed by atoms with Gasteiger partial charge in [0.25, 0.3) is 5.91 Å². The summed E-state index contributed by atoms with van der Waals surface area (Å²) < 4.78 is 36.7. The SMILES string of the molecule is O=C(NCCC(=O)N1CCCC1C(=O)NCC(F)(F)F)c1ccccc1Cl. The van der Waals surface area contributed by atoms with Gasteiger partial charge in [-0.2, -0.15) is 13.2 Å². The van der Waals surface area contributed by atoms with E-state index in [0.29, 0.717) is 19.4 Å². The fourth-order valence-corrected chi connectivity index (χ4v) is 3.03. The Balaban J connectivity index is 1.83. The van der Waals surface area contributed by atoms with E-state index in [9.17, 15) is 27.6 Å². The maximum absolute atomic E-state index is 12.3. The van der Waals surface area contributed by atoms with Gasteiger partial charge in [-0.05, 0) is 25.0 Å². The third-order valence-corrected chi connectivity index (χ3v) is 4.41. The molecule has 0 aromatic heterocycles. The number of hydrogen-bond acceptors (Lipinski definition) is 3. The van der Waals surface area contributed by atoms with Crippen LogP contribution >= 0.6 is 11.6 Å². The zero-order valence-electron chi connectivity index (χ0n) is 14.3. The van der Waals surface area contributed by atoms with E-state index < -0.39 is 36.5 Å². The number of rotatable bonds is 6. The molecule has 1 fully saturated rings. The highest BCUT2D eigenvalue weighted by atomic mass is 35.5. The maximum Gasteiger partial charge on any atom is 0.405 e. The zero-order chi connectivity index (χ0) is 20.0. The number of benzene rings is 1. The standard InChI is InChI=1S/C17H19ClF3N3O3/c18-12-5-2-1-4-11(12)15(26)22-8-7-14(25)24-9-3-6-13(24)16(27)23-10-17(19,20)21/h1-2,4-5,13H,3,6-10H2,(H,22,26)(H,23,27). The van der Waals surface area contributed by atoms with Gasteiger partial charge in [-0.1, -0.05) is 23.7 Å². The average molecular weight is 406 g/mol. The monoisotopic (exact) mass is 405 g/mol. The van der Waals surface area contributed by atoms with Crippen molar-refractivity contribution in [2.45, 2.75) is 31.5 Å². The second kappa shape index (κ2) is 9.07. The molecule has 148 valence electrons. The summed E-state index contributed by atoms with van der Waals surface area (Å²) in [7, 11) is 0. The molecule has 6 nitrogen and oxygen atoms in total. The van der Waals surface area contributed by atoms with Crippen molar-refractivity contribution >= 4 is 29.3 Å². The van der Waals surface area contributed by atoms with Gasteiger partial charge in [0.15, 0.2) is 0 Å².